The molecule has 0 aliphatic carbocycles. The second-order valence-electron chi connectivity index (χ2n) is 6.69. The fraction of sp³-hybridized carbons (Fsp3) is 0.421. The Kier molecular flexibility index (Phi) is 9.46. The van der Waals surface area contributed by atoms with E-state index in [1.807, 2.05) is 32.8 Å². The Morgan fingerprint density at radius 3 is 2.55 bits per heavy atom. The number of carbonyl (C=O) groups is 1. The molecule has 0 saturated carbocycles. The van der Waals surface area contributed by atoms with E-state index in [1.54, 1.807) is 18.2 Å². The van der Waals surface area contributed by atoms with Gasteiger partial charge in [-0.05, 0) is 40.1 Å². The fourth-order valence-electron chi connectivity index (χ4n) is 2.23. The summed E-state index contributed by atoms with van der Waals surface area (Å²) in [5.41, 5.74) is 0.341. The smallest absolute Gasteiger partial charge is 0.263 e. The number of ether oxygens (including phenoxy) is 1. The molecule has 0 saturated heterocycles. The first-order valence-corrected chi connectivity index (χ1v) is 9.08. The zero-order valence-corrected chi connectivity index (χ0v) is 17.5. The summed E-state index contributed by atoms with van der Waals surface area (Å²) >= 11 is 0. The molecule has 0 atom stereocenters. The molecule has 1 aromatic rings. The third-order valence-electron chi connectivity index (χ3n) is 3.83. The van der Waals surface area contributed by atoms with Crippen LogP contribution in [0.15, 0.2) is 30.0 Å². The van der Waals surface area contributed by atoms with Gasteiger partial charge in [0.2, 0.25) is 5.90 Å². The van der Waals surface area contributed by atoms with Crippen molar-refractivity contribution in [2.45, 2.75) is 19.9 Å². The molecule has 0 spiro atoms. The van der Waals surface area contributed by atoms with Crippen LogP contribution in [0.1, 0.15) is 19.5 Å². The van der Waals surface area contributed by atoms with Crippen LogP contribution in [0.2, 0.25) is 0 Å². The quantitative estimate of drug-likeness (QED) is 0.173. The standard InChI is InChI=1S/C19H30N8O2/c1-13(2)27(12-20)17(21)15-7-6-8-16(24-15)25-19(28)14(18(22)29-5)11-23-9-10-26(3)4/h6-8,11-13,20-23H,9-10H2,1-5H3,(H,24,25,28)/b14-11+,20-12?,21-17?,22-18?. The van der Waals surface area contributed by atoms with Gasteiger partial charge in [0.1, 0.15) is 17.1 Å². The number of amides is 1. The number of amidine groups is 1. The van der Waals surface area contributed by atoms with Crippen molar-refractivity contribution in [2.75, 3.05) is 39.6 Å². The van der Waals surface area contributed by atoms with Crippen LogP contribution in [0, 0.1) is 16.2 Å². The molecular weight excluding hydrogens is 372 g/mol. The van der Waals surface area contributed by atoms with E-state index in [-0.39, 0.29) is 29.2 Å². The van der Waals surface area contributed by atoms with E-state index in [0.717, 1.165) is 12.9 Å². The predicted octanol–water partition coefficient (Wildman–Crippen LogP) is 1.32. The number of methoxy groups -OCH3 is 1. The number of hydrogen-bond donors (Lipinski definition) is 5. The SMILES string of the molecule is COC(=N)/C(=C\NCCN(C)C)C(=O)Nc1cccc(C(=N)N(C=N)C(C)C)n1. The van der Waals surface area contributed by atoms with Crippen molar-refractivity contribution < 1.29 is 9.53 Å². The minimum Gasteiger partial charge on any atom is -0.481 e. The summed E-state index contributed by atoms with van der Waals surface area (Å²) in [4.78, 5) is 20.4. The molecule has 158 valence electrons. The van der Waals surface area contributed by atoms with E-state index in [2.05, 4.69) is 15.6 Å². The highest BCUT2D eigenvalue weighted by Gasteiger charge is 2.18. The second-order valence-corrected chi connectivity index (χ2v) is 6.69. The minimum atomic E-state index is -0.557. The van der Waals surface area contributed by atoms with Crippen LogP contribution in [-0.4, -0.2) is 79.1 Å². The first-order valence-electron chi connectivity index (χ1n) is 9.08. The van der Waals surface area contributed by atoms with E-state index in [0.29, 0.717) is 12.2 Å². The Morgan fingerprint density at radius 1 is 1.31 bits per heavy atom. The summed E-state index contributed by atoms with van der Waals surface area (Å²) in [6.07, 6.45) is 2.51. The average Bonchev–Trinajstić information content (AvgIpc) is 2.67. The summed E-state index contributed by atoms with van der Waals surface area (Å²) in [5.74, 6) is -0.553. The number of carbonyl (C=O) groups excluding carboxylic acids is 1. The lowest BCUT2D eigenvalue weighted by Gasteiger charge is -2.23. The summed E-state index contributed by atoms with van der Waals surface area (Å²) < 4.78 is 4.90. The second kappa shape index (κ2) is 11.5. The number of anilines is 1. The van der Waals surface area contributed by atoms with Gasteiger partial charge in [0.15, 0.2) is 5.84 Å². The average molecular weight is 403 g/mol. The Bertz CT molecular complexity index is 773. The van der Waals surface area contributed by atoms with E-state index in [1.165, 1.54) is 18.2 Å². The normalized spacial score (nSPS) is 11.2. The Balaban J connectivity index is 2.97. The molecule has 0 aromatic carbocycles. The molecule has 1 aromatic heterocycles. The number of rotatable bonds is 10. The predicted molar refractivity (Wildman–Crippen MR) is 115 cm³/mol. The molecule has 1 heterocycles. The lowest BCUT2D eigenvalue weighted by molar-refractivity contribution is -0.112. The summed E-state index contributed by atoms with van der Waals surface area (Å²) in [7, 11) is 5.19. The Hall–Kier alpha value is -3.27. The number of nitrogens with zero attached hydrogens (tertiary/aromatic N) is 3. The Labute approximate surface area is 171 Å². The highest BCUT2D eigenvalue weighted by molar-refractivity contribution is 6.21. The van der Waals surface area contributed by atoms with Crippen molar-refractivity contribution in [1.82, 2.24) is 20.1 Å². The third kappa shape index (κ3) is 7.34. The number of pyridine rings is 1. The van der Waals surface area contributed by atoms with Crippen LogP contribution in [0.4, 0.5) is 5.82 Å². The van der Waals surface area contributed by atoms with Crippen molar-refractivity contribution in [1.29, 1.82) is 16.2 Å². The number of likely N-dealkylation sites (N-methyl/N-ethyl adjacent to an activating group) is 1. The maximum atomic E-state index is 12.6. The maximum absolute atomic E-state index is 12.6. The van der Waals surface area contributed by atoms with Crippen molar-refractivity contribution in [3.63, 3.8) is 0 Å². The van der Waals surface area contributed by atoms with Gasteiger partial charge in [-0.15, -0.1) is 0 Å². The molecule has 1 amide bonds. The number of hydrogen-bond acceptors (Lipinski definition) is 8. The first-order chi connectivity index (χ1) is 13.7. The van der Waals surface area contributed by atoms with Gasteiger partial charge in [0, 0.05) is 25.3 Å². The van der Waals surface area contributed by atoms with Crippen LogP contribution in [0.5, 0.6) is 0 Å². The molecule has 1 rings (SSSR count). The highest BCUT2D eigenvalue weighted by Crippen LogP contribution is 2.11. The summed E-state index contributed by atoms with van der Waals surface area (Å²) in [5, 5.41) is 29.2. The van der Waals surface area contributed by atoms with Crippen molar-refractivity contribution >= 4 is 29.8 Å². The van der Waals surface area contributed by atoms with Crippen molar-refractivity contribution in [3.8, 4) is 0 Å². The maximum Gasteiger partial charge on any atom is 0.263 e. The van der Waals surface area contributed by atoms with Gasteiger partial charge in [-0.3, -0.25) is 21.0 Å². The molecule has 10 nitrogen and oxygen atoms in total. The van der Waals surface area contributed by atoms with Gasteiger partial charge >= 0.3 is 0 Å². The lowest BCUT2D eigenvalue weighted by Crippen LogP contribution is -2.36. The summed E-state index contributed by atoms with van der Waals surface area (Å²) in [6.45, 7) is 5.08. The molecule has 10 heteroatoms. The van der Waals surface area contributed by atoms with Gasteiger partial charge in [-0.25, -0.2) is 4.98 Å². The van der Waals surface area contributed by atoms with Crippen LogP contribution in [0.3, 0.4) is 0 Å². The summed E-state index contributed by atoms with van der Waals surface area (Å²) in [6, 6.07) is 4.81. The minimum absolute atomic E-state index is 0.0248. The number of aromatic nitrogens is 1. The van der Waals surface area contributed by atoms with E-state index < -0.39 is 5.91 Å². The first kappa shape index (κ1) is 23.8. The monoisotopic (exact) mass is 402 g/mol. The van der Waals surface area contributed by atoms with Crippen LogP contribution < -0.4 is 10.6 Å². The van der Waals surface area contributed by atoms with Gasteiger partial charge in [-0.2, -0.15) is 0 Å². The highest BCUT2D eigenvalue weighted by atomic mass is 16.5. The molecule has 0 aliphatic heterocycles. The molecular formula is C19H30N8O2. The molecule has 0 radical (unpaired) electrons. The topological polar surface area (TPSA) is 141 Å². The van der Waals surface area contributed by atoms with E-state index in [9.17, 15) is 4.79 Å². The van der Waals surface area contributed by atoms with Crippen molar-refractivity contribution in [3.05, 3.63) is 35.7 Å². The van der Waals surface area contributed by atoms with Crippen LogP contribution >= 0.6 is 0 Å². The van der Waals surface area contributed by atoms with E-state index in [4.69, 9.17) is 21.0 Å². The van der Waals surface area contributed by atoms with Gasteiger partial charge in [0.25, 0.3) is 5.91 Å². The zero-order valence-electron chi connectivity index (χ0n) is 17.5. The molecule has 0 fully saturated rings. The van der Waals surface area contributed by atoms with Gasteiger partial charge in [0.05, 0.1) is 13.4 Å². The zero-order chi connectivity index (χ0) is 22.0. The largest absolute Gasteiger partial charge is 0.481 e. The van der Waals surface area contributed by atoms with Crippen molar-refractivity contribution in [2.24, 2.45) is 0 Å². The molecule has 0 aliphatic rings. The van der Waals surface area contributed by atoms with Gasteiger partial charge in [-0.1, -0.05) is 6.07 Å². The number of nitrogens with one attached hydrogen (secondary N) is 5. The molecule has 0 bridgehead atoms. The molecule has 0 unspecified atom stereocenters. The lowest BCUT2D eigenvalue weighted by atomic mass is 10.2. The molecule has 29 heavy (non-hydrogen) atoms. The third-order valence-corrected chi connectivity index (χ3v) is 3.83. The van der Waals surface area contributed by atoms with Gasteiger partial charge < -0.3 is 25.2 Å². The van der Waals surface area contributed by atoms with Crippen LogP contribution in [-0.2, 0) is 9.53 Å². The van der Waals surface area contributed by atoms with Crippen LogP contribution in [0.25, 0.3) is 0 Å². The van der Waals surface area contributed by atoms with E-state index >= 15 is 0 Å². The molecule has 5 N–H and O–H groups in total. The Morgan fingerprint density at radius 2 is 2.00 bits per heavy atom. The fourth-order valence-corrected chi connectivity index (χ4v) is 2.23.